The van der Waals surface area contributed by atoms with E-state index >= 15 is 0 Å². The predicted octanol–water partition coefficient (Wildman–Crippen LogP) is 2.72. The van der Waals surface area contributed by atoms with E-state index in [1.54, 1.807) is 12.4 Å². The molecule has 0 saturated carbocycles. The fourth-order valence-corrected chi connectivity index (χ4v) is 5.41. The highest BCUT2D eigenvalue weighted by molar-refractivity contribution is 5.85. The number of halogens is 6. The number of aromatic nitrogens is 3. The second kappa shape index (κ2) is 15.3. The van der Waals surface area contributed by atoms with Gasteiger partial charge in [-0.15, -0.1) is 0 Å². The lowest BCUT2D eigenvalue weighted by Gasteiger charge is -2.38. The van der Waals surface area contributed by atoms with Gasteiger partial charge in [-0.05, 0) is 37.6 Å². The van der Waals surface area contributed by atoms with E-state index in [9.17, 15) is 31.1 Å². The third-order valence-corrected chi connectivity index (χ3v) is 7.43. The molecule has 0 bridgehead atoms. The number of carbonyl (C=O) groups is 3. The maximum absolute atomic E-state index is 13.9. The van der Waals surface area contributed by atoms with Crippen molar-refractivity contribution in [2.24, 2.45) is 11.3 Å². The molecular weight excluding hydrogens is 618 g/mol. The lowest BCUT2D eigenvalue weighted by molar-refractivity contribution is -0.193. The zero-order valence-corrected chi connectivity index (χ0v) is 23.9. The van der Waals surface area contributed by atoms with Gasteiger partial charge in [-0.25, -0.2) is 19.6 Å². The third kappa shape index (κ3) is 9.97. The summed E-state index contributed by atoms with van der Waals surface area (Å²) in [5.41, 5.74) is 0.686. The minimum atomic E-state index is -5.08. The minimum absolute atomic E-state index is 0.234. The summed E-state index contributed by atoms with van der Waals surface area (Å²) < 4.78 is 69.0. The second-order valence-electron chi connectivity index (χ2n) is 10.5. The van der Waals surface area contributed by atoms with Gasteiger partial charge < -0.3 is 24.7 Å². The largest absolute Gasteiger partial charge is 0.490 e. The monoisotopic (exact) mass is 650 g/mol. The molecule has 0 aliphatic carbocycles. The standard InChI is InChI=1S/C23H30N6O2.2C2HF3O2/c30-21(28-11-13-31-14-12-28)23-6-3-10-27(17-20-5-1-2-7-24-20)15-19(23)16-29(18-23)22-25-8-4-9-26-22;2*3-2(4,5)1(6)7/h1-2,4-5,7-9,19H,3,6,10-18H2;2*(H,6,7)/t19-,23-;;/m0../s1. The number of hydrogen-bond donors (Lipinski definition) is 2. The highest BCUT2D eigenvalue weighted by atomic mass is 19.4. The van der Waals surface area contributed by atoms with Crippen LogP contribution in [0.2, 0.25) is 0 Å². The average Bonchev–Trinajstić information content (AvgIpc) is 3.27. The first-order valence-corrected chi connectivity index (χ1v) is 13.7. The number of alkyl halides is 6. The van der Waals surface area contributed by atoms with Crippen LogP contribution in [0.5, 0.6) is 0 Å². The molecular formula is C27H32F6N6O6. The van der Waals surface area contributed by atoms with Crippen molar-refractivity contribution in [3.05, 3.63) is 48.5 Å². The fourth-order valence-electron chi connectivity index (χ4n) is 5.41. The Hall–Kier alpha value is -4.06. The molecule has 3 aliphatic heterocycles. The number of fused-ring (bicyclic) bond motifs is 1. The lowest BCUT2D eigenvalue weighted by Crippen LogP contribution is -2.52. The molecule has 5 heterocycles. The van der Waals surface area contributed by atoms with Crippen molar-refractivity contribution in [2.45, 2.75) is 31.7 Å². The summed E-state index contributed by atoms with van der Waals surface area (Å²) in [5.74, 6) is -4.27. The number of morpholine rings is 1. The van der Waals surface area contributed by atoms with Crippen molar-refractivity contribution in [3.8, 4) is 0 Å². The van der Waals surface area contributed by atoms with E-state index in [0.29, 0.717) is 38.8 Å². The van der Waals surface area contributed by atoms with Gasteiger partial charge in [0, 0.05) is 63.8 Å². The van der Waals surface area contributed by atoms with Crippen molar-refractivity contribution in [2.75, 3.05) is 57.4 Å². The van der Waals surface area contributed by atoms with E-state index in [1.165, 1.54) is 0 Å². The molecule has 0 unspecified atom stereocenters. The Balaban J connectivity index is 0.000000331. The number of anilines is 1. The zero-order chi connectivity index (χ0) is 33.3. The van der Waals surface area contributed by atoms with Crippen LogP contribution in [0.15, 0.2) is 42.9 Å². The van der Waals surface area contributed by atoms with Crippen molar-refractivity contribution in [1.29, 1.82) is 0 Å². The van der Waals surface area contributed by atoms with Crippen LogP contribution in [-0.2, 0) is 25.7 Å². The van der Waals surface area contributed by atoms with Gasteiger partial charge in [-0.2, -0.15) is 26.3 Å². The quantitative estimate of drug-likeness (QED) is 0.471. The van der Waals surface area contributed by atoms with Crippen LogP contribution in [0.4, 0.5) is 32.3 Å². The molecule has 3 fully saturated rings. The van der Waals surface area contributed by atoms with E-state index < -0.39 is 29.7 Å². The SMILES string of the molecule is O=C(N1CCOCC1)[C@]12CCCN(Cc3ccccn3)C[C@H]1CN(c1ncccn1)C2.O=C(O)C(F)(F)F.O=C(O)C(F)(F)F. The number of carboxylic acid groups (broad SMARTS) is 2. The Morgan fingerprint density at radius 3 is 1.98 bits per heavy atom. The molecule has 2 atom stereocenters. The molecule has 248 valence electrons. The Morgan fingerprint density at radius 2 is 1.44 bits per heavy atom. The molecule has 45 heavy (non-hydrogen) atoms. The summed E-state index contributed by atoms with van der Waals surface area (Å²) in [6.07, 6.45) is -2.86. The van der Waals surface area contributed by atoms with Crippen molar-refractivity contribution in [3.63, 3.8) is 0 Å². The van der Waals surface area contributed by atoms with Crippen LogP contribution in [-0.4, -0.2) is 118 Å². The number of amides is 1. The zero-order valence-electron chi connectivity index (χ0n) is 23.9. The topological polar surface area (TPSA) is 149 Å². The summed E-state index contributed by atoms with van der Waals surface area (Å²) in [7, 11) is 0. The first kappa shape index (κ1) is 35.4. The molecule has 2 aromatic rings. The highest BCUT2D eigenvalue weighted by Gasteiger charge is 2.55. The number of carboxylic acids is 2. The molecule has 18 heteroatoms. The van der Waals surface area contributed by atoms with Crippen LogP contribution >= 0.6 is 0 Å². The van der Waals surface area contributed by atoms with E-state index in [1.807, 2.05) is 29.3 Å². The van der Waals surface area contributed by atoms with Crippen molar-refractivity contribution in [1.82, 2.24) is 24.8 Å². The molecule has 2 aromatic heterocycles. The fraction of sp³-hybridized carbons (Fsp3) is 0.556. The van der Waals surface area contributed by atoms with E-state index in [2.05, 4.69) is 30.8 Å². The summed E-state index contributed by atoms with van der Waals surface area (Å²) in [5, 5.41) is 14.2. The highest BCUT2D eigenvalue weighted by Crippen LogP contribution is 2.45. The predicted molar refractivity (Wildman–Crippen MR) is 144 cm³/mol. The Morgan fingerprint density at radius 1 is 0.867 bits per heavy atom. The number of aliphatic carboxylic acids is 2. The van der Waals surface area contributed by atoms with Gasteiger partial charge in [0.25, 0.3) is 0 Å². The van der Waals surface area contributed by atoms with Crippen LogP contribution in [0.25, 0.3) is 0 Å². The first-order valence-electron chi connectivity index (χ1n) is 13.7. The third-order valence-electron chi connectivity index (χ3n) is 7.43. The first-order chi connectivity index (χ1) is 21.1. The maximum atomic E-state index is 13.9. The molecule has 3 saturated heterocycles. The summed E-state index contributed by atoms with van der Waals surface area (Å²) in [6, 6.07) is 7.90. The van der Waals surface area contributed by atoms with Gasteiger partial charge in [0.15, 0.2) is 0 Å². The lowest BCUT2D eigenvalue weighted by atomic mass is 9.73. The molecule has 1 amide bonds. The Labute approximate surface area is 253 Å². The molecule has 0 radical (unpaired) electrons. The van der Waals surface area contributed by atoms with E-state index in [-0.39, 0.29) is 5.92 Å². The molecule has 2 N–H and O–H groups in total. The maximum Gasteiger partial charge on any atom is 0.490 e. The number of pyridine rings is 1. The van der Waals surface area contributed by atoms with E-state index in [4.69, 9.17) is 24.5 Å². The number of ether oxygens (including phenoxy) is 1. The molecule has 5 rings (SSSR count). The average molecular weight is 651 g/mol. The molecule has 0 spiro atoms. The number of hydrogen-bond acceptors (Lipinski definition) is 9. The van der Waals surface area contributed by atoms with Gasteiger partial charge >= 0.3 is 24.3 Å². The number of nitrogens with zero attached hydrogens (tertiary/aromatic N) is 6. The summed E-state index contributed by atoms with van der Waals surface area (Å²) in [6.45, 7) is 6.82. The van der Waals surface area contributed by atoms with Gasteiger partial charge in [0.1, 0.15) is 0 Å². The number of likely N-dealkylation sites (tertiary alicyclic amines) is 1. The van der Waals surface area contributed by atoms with Crippen molar-refractivity contribution >= 4 is 23.8 Å². The smallest absolute Gasteiger partial charge is 0.475 e. The molecule has 3 aliphatic rings. The second-order valence-corrected chi connectivity index (χ2v) is 10.5. The van der Waals surface area contributed by atoms with E-state index in [0.717, 1.165) is 50.7 Å². The minimum Gasteiger partial charge on any atom is -0.475 e. The summed E-state index contributed by atoms with van der Waals surface area (Å²) in [4.78, 5) is 51.9. The normalized spacial score (nSPS) is 22.1. The van der Waals surface area contributed by atoms with Gasteiger partial charge in [-0.1, -0.05) is 6.07 Å². The van der Waals surface area contributed by atoms with Crippen LogP contribution in [0.3, 0.4) is 0 Å². The summed E-state index contributed by atoms with van der Waals surface area (Å²) >= 11 is 0. The van der Waals surface area contributed by atoms with Gasteiger partial charge in [0.05, 0.1) is 24.3 Å². The van der Waals surface area contributed by atoms with Crippen LogP contribution < -0.4 is 4.90 Å². The van der Waals surface area contributed by atoms with Crippen molar-refractivity contribution < 1.29 is 55.7 Å². The van der Waals surface area contributed by atoms with Gasteiger partial charge in [-0.3, -0.25) is 14.7 Å². The van der Waals surface area contributed by atoms with Crippen LogP contribution in [0, 0.1) is 11.3 Å². The molecule has 0 aromatic carbocycles. The van der Waals surface area contributed by atoms with Crippen LogP contribution in [0.1, 0.15) is 18.5 Å². The molecule has 12 nitrogen and oxygen atoms in total. The number of rotatable bonds is 4. The van der Waals surface area contributed by atoms with Gasteiger partial charge in [0.2, 0.25) is 11.9 Å². The number of carbonyl (C=O) groups excluding carboxylic acids is 1. The Bertz CT molecular complexity index is 1240. The Kier molecular flexibility index (Phi) is 12.0.